The molecule has 1 rings (SSSR count). The zero-order chi connectivity index (χ0) is 16.4. The third-order valence-corrected chi connectivity index (χ3v) is 1.60. The Morgan fingerprint density at radius 2 is 2.33 bits per heavy atom. The molecule has 0 saturated carbocycles. The number of ether oxygens (including phenoxy) is 2. The topological polar surface area (TPSA) is 78.7 Å². The molecule has 0 N–H and O–H groups in total. The van der Waals surface area contributed by atoms with E-state index in [-0.39, 0.29) is 0 Å². The maximum atomic E-state index is 11.6. The molecule has 0 unspecified atom stereocenters. The summed E-state index contributed by atoms with van der Waals surface area (Å²) in [7, 11) is -6.03. The van der Waals surface area contributed by atoms with E-state index in [1.54, 1.807) is 0 Å². The Morgan fingerprint density at radius 3 is 2.93 bits per heavy atom. The van der Waals surface area contributed by atoms with Gasteiger partial charge in [-0.05, 0) is 6.07 Å². The van der Waals surface area contributed by atoms with Gasteiger partial charge in [-0.2, -0.15) is 0 Å². The number of carbonyl (C=O) groups is 1. The fourth-order valence-electron chi connectivity index (χ4n) is 0.933. The Kier molecular flexibility index (Phi) is 1.50. The van der Waals surface area contributed by atoms with Gasteiger partial charge in [-0.3, -0.25) is 10.1 Å². The lowest BCUT2D eigenvalue weighted by atomic mass is 10.2. The van der Waals surface area contributed by atoms with Crippen molar-refractivity contribution in [2.45, 2.75) is 0 Å². The minimum absolute atomic E-state index is 0.528. The van der Waals surface area contributed by atoms with Crippen LogP contribution in [0.15, 0.2) is 18.2 Å². The number of hydrogen-bond acceptors (Lipinski definition) is 5. The minimum atomic E-state index is -3.05. The van der Waals surface area contributed by atoms with Gasteiger partial charge in [-0.15, -0.1) is 0 Å². The Balaban J connectivity index is 3.24. The van der Waals surface area contributed by atoms with Gasteiger partial charge >= 0.3 is 5.97 Å². The largest absolute Gasteiger partial charge is 0.496 e. The standard InChI is InChI=1S/C9H9NO5/c1-14-8-5-6(10(12)13)3-4-7(8)9(11)15-2/h3-5H,1-2H3/i1D3,2D3. The van der Waals surface area contributed by atoms with Crippen LogP contribution in [0.1, 0.15) is 18.6 Å². The normalized spacial score (nSPS) is 17.1. The Bertz CT molecular complexity index is 567. The van der Waals surface area contributed by atoms with Crippen LogP contribution in [-0.4, -0.2) is 25.0 Å². The molecule has 0 bridgehead atoms. The molecule has 0 heterocycles. The van der Waals surface area contributed by atoms with Crippen LogP contribution in [0.5, 0.6) is 5.75 Å². The highest BCUT2D eigenvalue weighted by atomic mass is 16.6. The van der Waals surface area contributed by atoms with E-state index in [2.05, 4.69) is 9.47 Å². The summed E-state index contributed by atoms with van der Waals surface area (Å²) in [4.78, 5) is 21.4. The molecule has 0 saturated heterocycles. The van der Waals surface area contributed by atoms with E-state index in [1.807, 2.05) is 0 Å². The van der Waals surface area contributed by atoms with Gasteiger partial charge in [0.05, 0.1) is 33.3 Å². The smallest absolute Gasteiger partial charge is 0.341 e. The fourth-order valence-corrected chi connectivity index (χ4v) is 0.933. The number of rotatable bonds is 3. The van der Waals surface area contributed by atoms with Gasteiger partial charge in [0.15, 0.2) is 0 Å². The predicted molar refractivity (Wildman–Crippen MR) is 51.0 cm³/mol. The molecule has 0 aliphatic heterocycles. The molecule has 0 fully saturated rings. The minimum Gasteiger partial charge on any atom is -0.496 e. The quantitative estimate of drug-likeness (QED) is 0.434. The predicted octanol–water partition coefficient (Wildman–Crippen LogP) is 1.39. The molecule has 6 heteroatoms. The zero-order valence-electron chi connectivity index (χ0n) is 13.2. The first-order valence-electron chi connectivity index (χ1n) is 6.60. The van der Waals surface area contributed by atoms with E-state index in [4.69, 9.17) is 8.22 Å². The van der Waals surface area contributed by atoms with Gasteiger partial charge in [-0.1, -0.05) is 0 Å². The Labute approximate surface area is 94.0 Å². The zero-order valence-corrected chi connectivity index (χ0v) is 7.22. The lowest BCUT2D eigenvalue weighted by Crippen LogP contribution is -2.04. The van der Waals surface area contributed by atoms with Crippen molar-refractivity contribution >= 4 is 11.7 Å². The van der Waals surface area contributed by atoms with Gasteiger partial charge in [0.2, 0.25) is 0 Å². The number of nitro benzene ring substituents is 1. The molecule has 0 aromatic heterocycles. The van der Waals surface area contributed by atoms with Gasteiger partial charge in [0.1, 0.15) is 11.3 Å². The first-order valence-corrected chi connectivity index (χ1v) is 3.60. The highest BCUT2D eigenvalue weighted by Crippen LogP contribution is 2.24. The number of nitro groups is 1. The summed E-state index contributed by atoms with van der Waals surface area (Å²) in [5.74, 6) is -2.05. The fraction of sp³-hybridized carbons (Fsp3) is 0.222. The highest BCUT2D eigenvalue weighted by Gasteiger charge is 2.16. The molecule has 0 aliphatic rings. The number of nitrogens with zero attached hydrogens (tertiary/aromatic N) is 1. The number of non-ortho nitro benzene ring substituents is 1. The Morgan fingerprint density at radius 1 is 1.53 bits per heavy atom. The number of benzene rings is 1. The van der Waals surface area contributed by atoms with Crippen molar-refractivity contribution in [3.63, 3.8) is 0 Å². The van der Waals surface area contributed by atoms with Crippen molar-refractivity contribution in [1.82, 2.24) is 0 Å². The third kappa shape index (κ3) is 2.22. The van der Waals surface area contributed by atoms with Crippen LogP contribution in [0.2, 0.25) is 0 Å². The van der Waals surface area contributed by atoms with Crippen LogP contribution in [0, 0.1) is 10.1 Å². The summed E-state index contributed by atoms with van der Waals surface area (Å²) in [6.45, 7) is 0. The molecular weight excluding hydrogens is 202 g/mol. The average Bonchev–Trinajstić information content (AvgIpc) is 2.23. The molecule has 0 radical (unpaired) electrons. The summed E-state index contributed by atoms with van der Waals surface area (Å²) < 4.78 is 49.8. The van der Waals surface area contributed by atoms with E-state index in [1.165, 1.54) is 0 Å². The number of esters is 1. The van der Waals surface area contributed by atoms with Crippen LogP contribution in [0.3, 0.4) is 0 Å². The summed E-state index contributed by atoms with van der Waals surface area (Å²) in [6.07, 6.45) is 0. The van der Waals surface area contributed by atoms with Gasteiger partial charge in [0, 0.05) is 6.07 Å². The van der Waals surface area contributed by atoms with Crippen molar-refractivity contribution in [3.05, 3.63) is 33.9 Å². The van der Waals surface area contributed by atoms with E-state index in [0.29, 0.717) is 6.07 Å². The van der Waals surface area contributed by atoms with Gasteiger partial charge in [-0.25, -0.2) is 4.79 Å². The monoisotopic (exact) mass is 217 g/mol. The Hall–Kier alpha value is -2.11. The molecule has 15 heavy (non-hydrogen) atoms. The first-order chi connectivity index (χ1) is 9.39. The summed E-state index contributed by atoms with van der Waals surface area (Å²) >= 11 is 0. The summed E-state index contributed by atoms with van der Waals surface area (Å²) in [6, 6.07) is 2.44. The van der Waals surface area contributed by atoms with Crippen LogP contribution < -0.4 is 4.74 Å². The molecule has 0 atom stereocenters. The maximum absolute atomic E-state index is 11.6. The summed E-state index contributed by atoms with van der Waals surface area (Å²) in [5, 5.41) is 10.6. The van der Waals surface area contributed by atoms with E-state index in [0.717, 1.165) is 12.1 Å². The van der Waals surface area contributed by atoms with Crippen LogP contribution >= 0.6 is 0 Å². The third-order valence-electron chi connectivity index (χ3n) is 1.60. The average molecular weight is 217 g/mol. The van der Waals surface area contributed by atoms with Crippen molar-refractivity contribution in [1.29, 1.82) is 0 Å². The van der Waals surface area contributed by atoms with Crippen molar-refractivity contribution in [2.24, 2.45) is 0 Å². The lowest BCUT2D eigenvalue weighted by molar-refractivity contribution is -0.384. The van der Waals surface area contributed by atoms with Crippen molar-refractivity contribution < 1.29 is 27.4 Å². The molecular formula is C9H9NO5. The summed E-state index contributed by atoms with van der Waals surface area (Å²) in [5.41, 5.74) is -1.08. The molecule has 0 aliphatic carbocycles. The van der Waals surface area contributed by atoms with Gasteiger partial charge < -0.3 is 9.47 Å². The second kappa shape index (κ2) is 4.41. The molecule has 0 amide bonds. The second-order valence-electron chi connectivity index (χ2n) is 2.43. The molecule has 80 valence electrons. The number of hydrogen-bond donors (Lipinski definition) is 0. The SMILES string of the molecule is [2H]C([2H])([2H])OC(=O)c1ccc([N+](=O)[O-])cc1OC([2H])([2H])[2H]. The van der Waals surface area contributed by atoms with Gasteiger partial charge in [0.25, 0.3) is 5.69 Å². The van der Waals surface area contributed by atoms with Crippen LogP contribution in [-0.2, 0) is 4.74 Å². The number of carbonyl (C=O) groups excluding carboxylic acids is 1. The highest BCUT2D eigenvalue weighted by molar-refractivity contribution is 5.92. The number of methoxy groups -OCH3 is 2. The van der Waals surface area contributed by atoms with Crippen molar-refractivity contribution in [2.75, 3.05) is 14.1 Å². The van der Waals surface area contributed by atoms with Crippen LogP contribution in [0.25, 0.3) is 0 Å². The molecule has 6 nitrogen and oxygen atoms in total. The first kappa shape index (κ1) is 5.11. The van der Waals surface area contributed by atoms with Crippen molar-refractivity contribution in [3.8, 4) is 5.75 Å². The molecule has 0 spiro atoms. The lowest BCUT2D eigenvalue weighted by Gasteiger charge is -2.05. The van der Waals surface area contributed by atoms with E-state index < -0.39 is 42.0 Å². The van der Waals surface area contributed by atoms with Crippen LogP contribution in [0.4, 0.5) is 5.69 Å². The maximum Gasteiger partial charge on any atom is 0.341 e. The van der Waals surface area contributed by atoms with E-state index >= 15 is 0 Å². The second-order valence-corrected chi connectivity index (χ2v) is 2.43. The van der Waals surface area contributed by atoms with E-state index in [9.17, 15) is 14.9 Å². The molecule has 1 aromatic carbocycles. The molecule has 1 aromatic rings.